The lowest BCUT2D eigenvalue weighted by Gasteiger charge is -2.19. The van der Waals surface area contributed by atoms with E-state index in [9.17, 15) is 0 Å². The number of aryl methyl sites for hydroxylation is 1. The van der Waals surface area contributed by atoms with Crippen molar-refractivity contribution >= 4 is 0 Å². The fourth-order valence-electron chi connectivity index (χ4n) is 1.85. The van der Waals surface area contributed by atoms with E-state index in [2.05, 4.69) is 37.0 Å². The average Bonchev–Trinajstić information content (AvgIpc) is 2.31. The maximum atomic E-state index is 5.42. The number of ether oxygens (including phenoxy) is 1. The topological polar surface area (TPSA) is 21.3 Å². The summed E-state index contributed by atoms with van der Waals surface area (Å²) in [5.41, 5.74) is 2.44. The third-order valence-corrected chi connectivity index (χ3v) is 2.77. The highest BCUT2D eigenvalue weighted by molar-refractivity contribution is 5.39. The molecule has 1 aromatic carbocycles. The van der Waals surface area contributed by atoms with Crippen molar-refractivity contribution in [2.24, 2.45) is 0 Å². The Morgan fingerprint density at radius 3 is 2.81 bits per heavy atom. The number of hydrogen-bond donors (Lipinski definition) is 1. The molecule has 0 aromatic heterocycles. The molecule has 0 aliphatic heterocycles. The summed E-state index contributed by atoms with van der Waals surface area (Å²) in [6, 6.07) is 6.66. The van der Waals surface area contributed by atoms with Gasteiger partial charge in [-0.3, -0.25) is 0 Å². The summed E-state index contributed by atoms with van der Waals surface area (Å²) in [6.45, 7) is 5.83. The maximum Gasteiger partial charge on any atom is 0.123 e. The number of hydrogen-bond acceptors (Lipinski definition) is 2. The van der Waals surface area contributed by atoms with Crippen LogP contribution in [0, 0.1) is 6.92 Å². The van der Waals surface area contributed by atoms with Gasteiger partial charge in [0, 0.05) is 11.6 Å². The average molecular weight is 219 g/mol. The van der Waals surface area contributed by atoms with E-state index in [1.54, 1.807) is 7.11 Å². The van der Waals surface area contributed by atoms with Crippen molar-refractivity contribution in [3.8, 4) is 5.75 Å². The molecule has 16 heavy (non-hydrogen) atoms. The second kappa shape index (κ2) is 6.33. The van der Waals surface area contributed by atoms with E-state index in [0.29, 0.717) is 6.04 Å². The highest BCUT2D eigenvalue weighted by Gasteiger charge is 2.13. The minimum Gasteiger partial charge on any atom is -0.496 e. The second-order valence-corrected chi connectivity index (χ2v) is 3.95. The molecule has 1 rings (SSSR count). The van der Waals surface area contributed by atoms with Crippen molar-refractivity contribution in [2.75, 3.05) is 14.2 Å². The predicted octanol–water partition coefficient (Wildman–Crippen LogP) is 3.23. The molecule has 1 aromatic rings. The van der Waals surface area contributed by atoms with E-state index in [0.717, 1.165) is 18.6 Å². The van der Waals surface area contributed by atoms with Crippen LogP contribution >= 0.6 is 0 Å². The zero-order valence-corrected chi connectivity index (χ0v) is 10.4. The van der Waals surface area contributed by atoms with Crippen LogP contribution in [-0.2, 0) is 0 Å². The largest absolute Gasteiger partial charge is 0.496 e. The van der Waals surface area contributed by atoms with Gasteiger partial charge in [0.1, 0.15) is 5.75 Å². The lowest BCUT2D eigenvalue weighted by Crippen LogP contribution is -2.17. The summed E-state index contributed by atoms with van der Waals surface area (Å²) in [5, 5.41) is 3.32. The standard InChI is InChI=1S/C14H21NO/c1-5-6-7-13(15-3)12-9-8-11(2)10-14(12)16-4/h5,8-10,13,15H,1,6-7H2,2-4H3. The number of methoxy groups -OCH3 is 1. The van der Waals surface area contributed by atoms with Crippen LogP contribution in [0.3, 0.4) is 0 Å². The number of allylic oxidation sites excluding steroid dienone is 1. The van der Waals surface area contributed by atoms with Crippen LogP contribution in [0.15, 0.2) is 30.9 Å². The van der Waals surface area contributed by atoms with Crippen molar-refractivity contribution in [2.45, 2.75) is 25.8 Å². The van der Waals surface area contributed by atoms with Gasteiger partial charge in [0.2, 0.25) is 0 Å². The summed E-state index contributed by atoms with van der Waals surface area (Å²) < 4.78 is 5.42. The Labute approximate surface area is 98.3 Å². The molecule has 1 atom stereocenters. The monoisotopic (exact) mass is 219 g/mol. The third-order valence-electron chi connectivity index (χ3n) is 2.77. The fourth-order valence-corrected chi connectivity index (χ4v) is 1.85. The Kier molecular flexibility index (Phi) is 5.06. The van der Waals surface area contributed by atoms with Crippen molar-refractivity contribution in [3.05, 3.63) is 42.0 Å². The van der Waals surface area contributed by atoms with E-state index in [4.69, 9.17) is 4.74 Å². The fraction of sp³-hybridized carbons (Fsp3) is 0.429. The van der Waals surface area contributed by atoms with Crippen LogP contribution in [0.25, 0.3) is 0 Å². The molecule has 0 fully saturated rings. The summed E-state index contributed by atoms with van der Waals surface area (Å²) in [4.78, 5) is 0. The molecule has 0 heterocycles. The van der Waals surface area contributed by atoms with Gasteiger partial charge >= 0.3 is 0 Å². The summed E-state index contributed by atoms with van der Waals surface area (Å²) in [7, 11) is 3.70. The second-order valence-electron chi connectivity index (χ2n) is 3.95. The smallest absolute Gasteiger partial charge is 0.123 e. The van der Waals surface area contributed by atoms with Gasteiger partial charge in [-0.05, 0) is 38.4 Å². The van der Waals surface area contributed by atoms with Crippen LogP contribution < -0.4 is 10.1 Å². The minimum atomic E-state index is 0.327. The van der Waals surface area contributed by atoms with Crippen molar-refractivity contribution in [1.82, 2.24) is 5.32 Å². The first-order chi connectivity index (χ1) is 7.72. The Bertz CT molecular complexity index is 347. The minimum absolute atomic E-state index is 0.327. The molecule has 0 aliphatic carbocycles. The molecule has 2 heteroatoms. The van der Waals surface area contributed by atoms with Gasteiger partial charge in [-0.15, -0.1) is 6.58 Å². The number of rotatable bonds is 6. The Balaban J connectivity index is 2.94. The molecule has 0 radical (unpaired) electrons. The quantitative estimate of drug-likeness (QED) is 0.742. The van der Waals surface area contributed by atoms with Crippen LogP contribution in [0.2, 0.25) is 0 Å². The molecular formula is C14H21NO. The SMILES string of the molecule is C=CCCC(NC)c1ccc(C)cc1OC. The van der Waals surface area contributed by atoms with Gasteiger partial charge in [0.15, 0.2) is 0 Å². The molecule has 0 saturated heterocycles. The van der Waals surface area contributed by atoms with E-state index in [1.165, 1.54) is 11.1 Å². The third kappa shape index (κ3) is 3.11. The number of nitrogens with one attached hydrogen (secondary N) is 1. The van der Waals surface area contributed by atoms with Crippen LogP contribution in [0.4, 0.5) is 0 Å². The first-order valence-electron chi connectivity index (χ1n) is 5.65. The van der Waals surface area contributed by atoms with Crippen LogP contribution in [0.1, 0.15) is 30.0 Å². The highest BCUT2D eigenvalue weighted by atomic mass is 16.5. The first-order valence-corrected chi connectivity index (χ1v) is 5.65. The molecule has 1 unspecified atom stereocenters. The van der Waals surface area contributed by atoms with Crippen molar-refractivity contribution < 1.29 is 4.74 Å². The maximum absolute atomic E-state index is 5.42. The molecule has 2 nitrogen and oxygen atoms in total. The summed E-state index contributed by atoms with van der Waals surface area (Å²) >= 11 is 0. The summed E-state index contributed by atoms with van der Waals surface area (Å²) in [6.07, 6.45) is 3.99. The van der Waals surface area contributed by atoms with E-state index < -0.39 is 0 Å². The van der Waals surface area contributed by atoms with E-state index >= 15 is 0 Å². The van der Waals surface area contributed by atoms with Gasteiger partial charge in [-0.2, -0.15) is 0 Å². The summed E-state index contributed by atoms with van der Waals surface area (Å²) in [5.74, 6) is 0.961. The van der Waals surface area contributed by atoms with Gasteiger partial charge in [0.25, 0.3) is 0 Å². The highest BCUT2D eigenvalue weighted by Crippen LogP contribution is 2.28. The molecule has 1 N–H and O–H groups in total. The van der Waals surface area contributed by atoms with Gasteiger partial charge in [-0.25, -0.2) is 0 Å². The van der Waals surface area contributed by atoms with Gasteiger partial charge < -0.3 is 10.1 Å². The molecule has 88 valence electrons. The van der Waals surface area contributed by atoms with Crippen LogP contribution in [-0.4, -0.2) is 14.2 Å². The molecule has 0 bridgehead atoms. The Morgan fingerprint density at radius 1 is 1.50 bits per heavy atom. The lowest BCUT2D eigenvalue weighted by atomic mass is 9.99. The Morgan fingerprint density at radius 2 is 2.25 bits per heavy atom. The van der Waals surface area contributed by atoms with Gasteiger partial charge in [-0.1, -0.05) is 18.2 Å². The lowest BCUT2D eigenvalue weighted by molar-refractivity contribution is 0.399. The van der Waals surface area contributed by atoms with Crippen LogP contribution in [0.5, 0.6) is 5.75 Å². The molecule has 0 amide bonds. The predicted molar refractivity (Wildman–Crippen MR) is 69.0 cm³/mol. The normalized spacial score (nSPS) is 12.2. The molecule has 0 spiro atoms. The van der Waals surface area contributed by atoms with Crippen molar-refractivity contribution in [3.63, 3.8) is 0 Å². The molecular weight excluding hydrogens is 198 g/mol. The molecule has 0 aliphatic rings. The first kappa shape index (κ1) is 12.8. The van der Waals surface area contributed by atoms with Crippen molar-refractivity contribution in [1.29, 1.82) is 0 Å². The number of benzene rings is 1. The zero-order valence-electron chi connectivity index (χ0n) is 10.4. The van der Waals surface area contributed by atoms with Gasteiger partial charge in [0.05, 0.1) is 7.11 Å². The zero-order chi connectivity index (χ0) is 12.0. The Hall–Kier alpha value is -1.28. The van der Waals surface area contributed by atoms with E-state index in [-0.39, 0.29) is 0 Å². The molecule has 0 saturated carbocycles. The van der Waals surface area contributed by atoms with E-state index in [1.807, 2.05) is 13.1 Å².